The summed E-state index contributed by atoms with van der Waals surface area (Å²) in [6, 6.07) is 8.12. The van der Waals surface area contributed by atoms with Crippen LogP contribution in [0.25, 0.3) is 0 Å². The summed E-state index contributed by atoms with van der Waals surface area (Å²) in [7, 11) is 4.68. The van der Waals surface area contributed by atoms with E-state index in [0.717, 1.165) is 16.7 Å². The quantitative estimate of drug-likeness (QED) is 0.584. The molecule has 0 saturated heterocycles. The normalized spacial score (nSPS) is 15.7. The topological polar surface area (TPSA) is 86.3 Å². The molecule has 0 bridgehead atoms. The fraction of sp³-hybridized carbons (Fsp3) is 0.385. The predicted octanol–water partition coefficient (Wildman–Crippen LogP) is 4.22. The molecule has 182 valence electrons. The zero-order chi connectivity index (χ0) is 25.0. The summed E-state index contributed by atoms with van der Waals surface area (Å²) in [4.78, 5) is 27.5. The first kappa shape index (κ1) is 25.0. The van der Waals surface area contributed by atoms with Crippen LogP contribution >= 0.6 is 0 Å². The number of urea groups is 1. The van der Waals surface area contributed by atoms with Crippen LogP contribution in [0.3, 0.4) is 0 Å². The Balaban J connectivity index is 2.12. The summed E-state index contributed by atoms with van der Waals surface area (Å²) in [5.41, 5.74) is 4.51. The van der Waals surface area contributed by atoms with Gasteiger partial charge in [-0.25, -0.2) is 9.59 Å². The standard InChI is InChI=1S/C26H32N2O6/c1-8-33-25(29)23-21(14-34-22-10-15(2)9-16(3)17(22)4)28(5)26(30)27-24(23)18-11-19(31-6)13-20(12-18)32-7/h9-13,24H,8,14H2,1-7H3,(H,27,30). The molecule has 2 aromatic carbocycles. The molecule has 1 N–H and O–H groups in total. The van der Waals surface area contributed by atoms with Crippen LogP contribution in [-0.4, -0.2) is 51.4 Å². The molecule has 0 fully saturated rings. The third-order valence-corrected chi connectivity index (χ3v) is 5.91. The van der Waals surface area contributed by atoms with E-state index in [-0.39, 0.29) is 19.2 Å². The van der Waals surface area contributed by atoms with Gasteiger partial charge >= 0.3 is 12.0 Å². The molecule has 1 unspecified atom stereocenters. The molecular formula is C26H32N2O6. The zero-order valence-corrected chi connectivity index (χ0v) is 20.8. The number of nitrogens with one attached hydrogen (secondary N) is 1. The maximum Gasteiger partial charge on any atom is 0.338 e. The van der Waals surface area contributed by atoms with Gasteiger partial charge in [0.1, 0.15) is 23.9 Å². The highest BCUT2D eigenvalue weighted by Gasteiger charge is 2.37. The zero-order valence-electron chi connectivity index (χ0n) is 20.8. The maximum absolute atomic E-state index is 13.2. The number of rotatable bonds is 8. The first-order chi connectivity index (χ1) is 16.2. The molecule has 8 nitrogen and oxygen atoms in total. The summed E-state index contributed by atoms with van der Waals surface area (Å²) in [5.74, 6) is 1.24. The molecule has 1 aliphatic rings. The molecule has 0 aromatic heterocycles. The van der Waals surface area contributed by atoms with E-state index in [9.17, 15) is 9.59 Å². The number of amides is 2. The molecule has 34 heavy (non-hydrogen) atoms. The number of carbonyl (C=O) groups is 2. The van der Waals surface area contributed by atoms with Gasteiger partial charge in [-0.15, -0.1) is 0 Å². The lowest BCUT2D eigenvalue weighted by atomic mass is 9.94. The van der Waals surface area contributed by atoms with Gasteiger partial charge in [0.2, 0.25) is 0 Å². The van der Waals surface area contributed by atoms with Crippen molar-refractivity contribution in [3.05, 3.63) is 63.9 Å². The number of aryl methyl sites for hydroxylation is 2. The second-order valence-corrected chi connectivity index (χ2v) is 8.16. The Morgan fingerprint density at radius 3 is 2.26 bits per heavy atom. The summed E-state index contributed by atoms with van der Waals surface area (Å²) >= 11 is 0. The van der Waals surface area contributed by atoms with Crippen molar-refractivity contribution in [2.75, 3.05) is 34.5 Å². The van der Waals surface area contributed by atoms with E-state index in [2.05, 4.69) is 11.4 Å². The number of benzene rings is 2. The Morgan fingerprint density at radius 1 is 1.03 bits per heavy atom. The van der Waals surface area contributed by atoms with E-state index in [1.807, 2.05) is 26.8 Å². The van der Waals surface area contributed by atoms with E-state index in [1.165, 1.54) is 4.90 Å². The van der Waals surface area contributed by atoms with Gasteiger partial charge in [0.15, 0.2) is 0 Å². The van der Waals surface area contributed by atoms with Crippen LogP contribution < -0.4 is 19.5 Å². The van der Waals surface area contributed by atoms with Crippen molar-refractivity contribution in [1.29, 1.82) is 0 Å². The van der Waals surface area contributed by atoms with Gasteiger partial charge in [0.05, 0.1) is 38.1 Å². The Kier molecular flexibility index (Phi) is 7.71. The molecule has 0 saturated carbocycles. The summed E-state index contributed by atoms with van der Waals surface area (Å²) in [6.45, 7) is 7.94. The maximum atomic E-state index is 13.2. The minimum atomic E-state index is -0.773. The summed E-state index contributed by atoms with van der Waals surface area (Å²) < 4.78 is 22.3. The van der Waals surface area contributed by atoms with Crippen molar-refractivity contribution >= 4 is 12.0 Å². The molecular weight excluding hydrogens is 436 g/mol. The van der Waals surface area contributed by atoms with Crippen molar-refractivity contribution in [3.8, 4) is 17.2 Å². The second kappa shape index (κ2) is 10.5. The Labute approximate surface area is 200 Å². The molecule has 1 heterocycles. The number of esters is 1. The van der Waals surface area contributed by atoms with Gasteiger partial charge in [-0.05, 0) is 68.1 Å². The second-order valence-electron chi connectivity index (χ2n) is 8.16. The molecule has 0 aliphatic carbocycles. The number of nitrogens with zero attached hydrogens (tertiary/aromatic N) is 1. The number of methoxy groups -OCH3 is 2. The third-order valence-electron chi connectivity index (χ3n) is 5.91. The lowest BCUT2D eigenvalue weighted by Crippen LogP contribution is -2.48. The molecule has 0 radical (unpaired) electrons. The van der Waals surface area contributed by atoms with E-state index in [1.54, 1.807) is 46.4 Å². The molecule has 1 atom stereocenters. The average Bonchev–Trinajstić information content (AvgIpc) is 2.82. The van der Waals surface area contributed by atoms with Crippen molar-refractivity contribution in [3.63, 3.8) is 0 Å². The van der Waals surface area contributed by atoms with Crippen LogP contribution in [-0.2, 0) is 9.53 Å². The molecule has 2 amide bonds. The van der Waals surface area contributed by atoms with Gasteiger partial charge in [0, 0.05) is 13.1 Å². The van der Waals surface area contributed by atoms with Crippen LogP contribution in [0.15, 0.2) is 41.6 Å². The first-order valence-corrected chi connectivity index (χ1v) is 11.1. The fourth-order valence-electron chi connectivity index (χ4n) is 3.92. The van der Waals surface area contributed by atoms with Crippen molar-refractivity contribution in [1.82, 2.24) is 10.2 Å². The Bertz CT molecular complexity index is 1100. The Morgan fingerprint density at radius 2 is 1.68 bits per heavy atom. The van der Waals surface area contributed by atoms with E-state index >= 15 is 0 Å². The predicted molar refractivity (Wildman–Crippen MR) is 128 cm³/mol. The van der Waals surface area contributed by atoms with Crippen LogP contribution in [0.1, 0.15) is 35.2 Å². The van der Waals surface area contributed by atoms with Crippen molar-refractivity contribution < 1.29 is 28.5 Å². The van der Waals surface area contributed by atoms with Crippen LogP contribution in [0, 0.1) is 20.8 Å². The van der Waals surface area contributed by atoms with E-state index < -0.39 is 12.0 Å². The minimum absolute atomic E-state index is 0.0133. The van der Waals surface area contributed by atoms with Gasteiger partial charge in [-0.3, -0.25) is 4.90 Å². The molecule has 8 heteroatoms. The van der Waals surface area contributed by atoms with Crippen molar-refractivity contribution in [2.24, 2.45) is 0 Å². The monoisotopic (exact) mass is 468 g/mol. The lowest BCUT2D eigenvalue weighted by Gasteiger charge is -2.34. The SMILES string of the molecule is CCOC(=O)C1=C(COc2cc(C)cc(C)c2C)N(C)C(=O)NC1c1cc(OC)cc(OC)c1. The number of ether oxygens (including phenoxy) is 4. The van der Waals surface area contributed by atoms with Gasteiger partial charge in [0.25, 0.3) is 0 Å². The largest absolute Gasteiger partial charge is 0.497 e. The first-order valence-electron chi connectivity index (χ1n) is 11.1. The Hall–Kier alpha value is -3.68. The third kappa shape index (κ3) is 5.11. The lowest BCUT2D eigenvalue weighted by molar-refractivity contribution is -0.139. The highest BCUT2D eigenvalue weighted by atomic mass is 16.5. The number of carbonyl (C=O) groups excluding carboxylic acids is 2. The van der Waals surface area contributed by atoms with Crippen molar-refractivity contribution in [2.45, 2.75) is 33.7 Å². The van der Waals surface area contributed by atoms with Gasteiger partial charge < -0.3 is 24.3 Å². The smallest absolute Gasteiger partial charge is 0.338 e. The van der Waals surface area contributed by atoms with E-state index in [4.69, 9.17) is 18.9 Å². The number of likely N-dealkylation sites (N-methyl/N-ethyl adjacent to an activating group) is 1. The van der Waals surface area contributed by atoms with Crippen LogP contribution in [0.5, 0.6) is 17.2 Å². The van der Waals surface area contributed by atoms with Crippen LogP contribution in [0.4, 0.5) is 4.79 Å². The summed E-state index contributed by atoms with van der Waals surface area (Å²) in [6.07, 6.45) is 0. The molecule has 1 aliphatic heterocycles. The molecule has 0 spiro atoms. The fourth-order valence-corrected chi connectivity index (χ4v) is 3.92. The summed E-state index contributed by atoms with van der Waals surface area (Å²) in [5, 5.41) is 2.89. The van der Waals surface area contributed by atoms with Gasteiger partial charge in [-0.1, -0.05) is 6.07 Å². The number of hydrogen-bond donors (Lipinski definition) is 1. The highest BCUT2D eigenvalue weighted by Crippen LogP contribution is 2.35. The van der Waals surface area contributed by atoms with E-state index in [0.29, 0.717) is 34.1 Å². The molecule has 2 aromatic rings. The molecule has 3 rings (SSSR count). The highest BCUT2D eigenvalue weighted by molar-refractivity contribution is 5.95. The van der Waals surface area contributed by atoms with Crippen LogP contribution in [0.2, 0.25) is 0 Å². The van der Waals surface area contributed by atoms with Gasteiger partial charge in [-0.2, -0.15) is 0 Å². The number of hydrogen-bond acceptors (Lipinski definition) is 6. The minimum Gasteiger partial charge on any atom is -0.497 e. The average molecular weight is 469 g/mol.